The van der Waals surface area contributed by atoms with E-state index in [1.807, 2.05) is 0 Å². The molecule has 2 aliphatic heterocycles. The van der Waals surface area contributed by atoms with Crippen LogP contribution in [0.2, 0.25) is 0 Å². The Kier molecular flexibility index (Phi) is 6.59. The van der Waals surface area contributed by atoms with Crippen molar-refractivity contribution in [3.63, 3.8) is 0 Å². The maximum Gasteiger partial charge on any atom is 0.119 e. The molecule has 4 rings (SSSR count). The highest BCUT2D eigenvalue weighted by Gasteiger charge is 2.35. The first kappa shape index (κ1) is 20.2. The summed E-state index contributed by atoms with van der Waals surface area (Å²) in [7, 11) is 4.35. The van der Waals surface area contributed by atoms with E-state index in [1.54, 1.807) is 0 Å². The van der Waals surface area contributed by atoms with Crippen molar-refractivity contribution in [1.82, 2.24) is 9.80 Å². The molecule has 3 aliphatic rings. The molecule has 2 saturated heterocycles. The summed E-state index contributed by atoms with van der Waals surface area (Å²) in [6, 6.07) is 9.86. The average molecular weight is 387 g/mol. The quantitative estimate of drug-likeness (QED) is 0.735. The Morgan fingerprint density at radius 1 is 1.00 bits per heavy atom. The smallest absolute Gasteiger partial charge is 0.119 e. The van der Waals surface area contributed by atoms with E-state index >= 15 is 0 Å². The summed E-state index contributed by atoms with van der Waals surface area (Å²) >= 11 is 0. The molecular formula is C24H38N2O2. The minimum Gasteiger partial charge on any atom is -0.490 e. The third-order valence-corrected chi connectivity index (χ3v) is 7.16. The van der Waals surface area contributed by atoms with Gasteiger partial charge in [0.1, 0.15) is 11.9 Å². The van der Waals surface area contributed by atoms with Crippen LogP contribution in [0, 0.1) is 0 Å². The molecule has 0 N–H and O–H groups in total. The molecule has 1 aromatic rings. The van der Waals surface area contributed by atoms with Crippen LogP contribution in [0.25, 0.3) is 0 Å². The average Bonchev–Trinajstić information content (AvgIpc) is 3.24. The molecule has 0 aromatic heterocycles. The topological polar surface area (TPSA) is 24.9 Å². The molecule has 4 nitrogen and oxygen atoms in total. The predicted molar refractivity (Wildman–Crippen MR) is 114 cm³/mol. The molecule has 2 heterocycles. The van der Waals surface area contributed by atoms with Crippen LogP contribution in [0.5, 0.6) is 5.75 Å². The van der Waals surface area contributed by atoms with Gasteiger partial charge in [0, 0.05) is 44.3 Å². The van der Waals surface area contributed by atoms with Gasteiger partial charge in [-0.25, -0.2) is 0 Å². The van der Waals surface area contributed by atoms with Crippen molar-refractivity contribution in [3.05, 3.63) is 29.8 Å². The van der Waals surface area contributed by atoms with Gasteiger partial charge in [-0.3, -0.25) is 0 Å². The first-order valence-electron chi connectivity index (χ1n) is 11.4. The number of rotatable bonds is 6. The SMILES string of the molecule is CN(C)CC1(c2ccc(OC3CCN(C4CCCC4)CC3)cc2)CCOCC1. The van der Waals surface area contributed by atoms with Crippen molar-refractivity contribution in [1.29, 1.82) is 0 Å². The lowest BCUT2D eigenvalue weighted by Crippen LogP contribution is -2.43. The molecule has 28 heavy (non-hydrogen) atoms. The van der Waals surface area contributed by atoms with Crippen molar-refractivity contribution < 1.29 is 9.47 Å². The largest absolute Gasteiger partial charge is 0.490 e. The van der Waals surface area contributed by atoms with Crippen molar-refractivity contribution in [2.75, 3.05) is 46.9 Å². The Labute approximate surface area is 171 Å². The van der Waals surface area contributed by atoms with E-state index in [4.69, 9.17) is 9.47 Å². The number of ether oxygens (including phenoxy) is 2. The minimum absolute atomic E-state index is 0.215. The van der Waals surface area contributed by atoms with Crippen LogP contribution in [0.1, 0.15) is 56.9 Å². The number of benzene rings is 1. The van der Waals surface area contributed by atoms with Gasteiger partial charge >= 0.3 is 0 Å². The second-order valence-corrected chi connectivity index (χ2v) is 9.45. The zero-order valence-corrected chi connectivity index (χ0v) is 17.9. The van der Waals surface area contributed by atoms with Gasteiger partial charge in [0.05, 0.1) is 0 Å². The molecule has 0 amide bonds. The summed E-state index contributed by atoms with van der Waals surface area (Å²) in [4.78, 5) is 5.03. The first-order valence-corrected chi connectivity index (χ1v) is 11.4. The Morgan fingerprint density at radius 3 is 2.25 bits per heavy atom. The van der Waals surface area contributed by atoms with Gasteiger partial charge in [0.25, 0.3) is 0 Å². The summed E-state index contributed by atoms with van der Waals surface area (Å²) in [6.45, 7) is 5.23. The van der Waals surface area contributed by atoms with Crippen LogP contribution < -0.4 is 4.74 Å². The third kappa shape index (κ3) is 4.72. The van der Waals surface area contributed by atoms with Gasteiger partial charge in [0.15, 0.2) is 0 Å². The van der Waals surface area contributed by atoms with Crippen molar-refractivity contribution in [3.8, 4) is 5.75 Å². The summed E-state index contributed by atoms with van der Waals surface area (Å²) < 4.78 is 12.0. The van der Waals surface area contributed by atoms with Crippen LogP contribution >= 0.6 is 0 Å². The van der Waals surface area contributed by atoms with E-state index in [-0.39, 0.29) is 5.41 Å². The molecule has 0 bridgehead atoms. The van der Waals surface area contributed by atoms with Gasteiger partial charge in [0.2, 0.25) is 0 Å². The number of nitrogens with zero attached hydrogens (tertiary/aromatic N) is 2. The van der Waals surface area contributed by atoms with Crippen molar-refractivity contribution in [2.24, 2.45) is 0 Å². The zero-order valence-electron chi connectivity index (χ0n) is 17.9. The normalized spacial score (nSPS) is 24.7. The molecular weight excluding hydrogens is 348 g/mol. The second-order valence-electron chi connectivity index (χ2n) is 9.45. The fourth-order valence-corrected chi connectivity index (χ4v) is 5.61. The molecule has 1 saturated carbocycles. The molecule has 1 aliphatic carbocycles. The Morgan fingerprint density at radius 2 is 1.64 bits per heavy atom. The van der Waals surface area contributed by atoms with Crippen molar-refractivity contribution >= 4 is 0 Å². The number of likely N-dealkylation sites (tertiary alicyclic amines) is 1. The van der Waals surface area contributed by atoms with Crippen LogP contribution in [0.4, 0.5) is 0 Å². The summed E-state index contributed by atoms with van der Waals surface area (Å²) in [5, 5.41) is 0. The third-order valence-electron chi connectivity index (χ3n) is 7.16. The van der Waals surface area contributed by atoms with Gasteiger partial charge in [-0.1, -0.05) is 25.0 Å². The number of likely N-dealkylation sites (N-methyl/N-ethyl adjacent to an activating group) is 1. The van der Waals surface area contributed by atoms with Crippen LogP contribution in [-0.4, -0.2) is 68.9 Å². The van der Waals surface area contributed by atoms with E-state index in [9.17, 15) is 0 Å². The lowest BCUT2D eigenvalue weighted by atomic mass is 9.74. The number of piperidine rings is 1. The maximum atomic E-state index is 6.36. The molecule has 0 spiro atoms. The molecule has 156 valence electrons. The minimum atomic E-state index is 0.215. The van der Waals surface area contributed by atoms with Crippen LogP contribution in [-0.2, 0) is 10.2 Å². The Balaban J connectivity index is 1.34. The highest BCUT2D eigenvalue weighted by Crippen LogP contribution is 2.36. The van der Waals surface area contributed by atoms with E-state index in [2.05, 4.69) is 48.2 Å². The van der Waals surface area contributed by atoms with Gasteiger partial charge in [-0.15, -0.1) is 0 Å². The van der Waals surface area contributed by atoms with Crippen LogP contribution in [0.15, 0.2) is 24.3 Å². The highest BCUT2D eigenvalue weighted by molar-refractivity contribution is 5.33. The van der Waals surface area contributed by atoms with Gasteiger partial charge < -0.3 is 19.3 Å². The lowest BCUT2D eigenvalue weighted by molar-refractivity contribution is 0.0401. The Hall–Kier alpha value is -1.10. The number of hydrogen-bond acceptors (Lipinski definition) is 4. The van der Waals surface area contributed by atoms with Gasteiger partial charge in [-0.2, -0.15) is 0 Å². The van der Waals surface area contributed by atoms with Gasteiger partial charge in [-0.05, 0) is 70.3 Å². The molecule has 3 fully saturated rings. The summed E-state index contributed by atoms with van der Waals surface area (Å²) in [5.41, 5.74) is 1.65. The van der Waals surface area contributed by atoms with E-state index in [0.29, 0.717) is 6.10 Å². The van der Waals surface area contributed by atoms with E-state index < -0.39 is 0 Å². The van der Waals surface area contributed by atoms with Crippen molar-refractivity contribution in [2.45, 2.75) is 68.9 Å². The molecule has 0 radical (unpaired) electrons. The fraction of sp³-hybridized carbons (Fsp3) is 0.750. The van der Waals surface area contributed by atoms with E-state index in [1.165, 1.54) is 57.2 Å². The first-order chi connectivity index (χ1) is 13.6. The highest BCUT2D eigenvalue weighted by atomic mass is 16.5. The predicted octanol–water partition coefficient (Wildman–Crippen LogP) is 4.08. The second kappa shape index (κ2) is 9.15. The standard InChI is InChI=1S/C24H38N2O2/c1-25(2)19-24(13-17-27-18-14-24)20-7-9-22(10-8-20)28-23-11-15-26(16-12-23)21-5-3-4-6-21/h7-10,21,23H,3-6,11-19H2,1-2H3. The summed E-state index contributed by atoms with van der Waals surface area (Å²) in [6.07, 6.45) is 10.6. The number of hydrogen-bond donors (Lipinski definition) is 0. The van der Waals surface area contributed by atoms with Crippen LogP contribution in [0.3, 0.4) is 0 Å². The van der Waals surface area contributed by atoms with E-state index in [0.717, 1.165) is 44.4 Å². The molecule has 0 atom stereocenters. The molecule has 4 heteroatoms. The fourth-order valence-electron chi connectivity index (χ4n) is 5.61. The zero-order chi connectivity index (χ0) is 19.4. The monoisotopic (exact) mass is 386 g/mol. The maximum absolute atomic E-state index is 6.36. The lowest BCUT2D eigenvalue weighted by Gasteiger charge is -2.40. The molecule has 0 unspecified atom stereocenters. The molecule has 1 aromatic carbocycles. The summed E-state index contributed by atoms with van der Waals surface area (Å²) in [5.74, 6) is 1.04. The Bertz CT molecular complexity index is 596.